The Bertz CT molecular complexity index is 1640. The lowest BCUT2D eigenvalue weighted by Gasteiger charge is -2.30. The maximum atomic E-state index is 13.9. The van der Waals surface area contributed by atoms with E-state index >= 15 is 0 Å². The first-order valence-corrected chi connectivity index (χ1v) is 17.2. The first-order valence-electron chi connectivity index (χ1n) is 15.7. The maximum Gasteiger partial charge on any atom is 0.263 e. The molecule has 236 valence electrons. The molecular weight excluding hydrogens is 576 g/mol. The van der Waals surface area contributed by atoms with Crippen molar-refractivity contribution in [2.45, 2.75) is 116 Å². The van der Waals surface area contributed by atoms with Crippen LogP contribution in [0.2, 0.25) is 0 Å². The van der Waals surface area contributed by atoms with Crippen LogP contribution in [-0.2, 0) is 32.7 Å². The van der Waals surface area contributed by atoms with Crippen molar-refractivity contribution in [1.82, 2.24) is 10.1 Å². The Morgan fingerprint density at radius 3 is 2.50 bits per heavy atom. The second-order valence-electron chi connectivity index (χ2n) is 12.3. The van der Waals surface area contributed by atoms with E-state index in [4.69, 9.17) is 14.3 Å². The van der Waals surface area contributed by atoms with Crippen LogP contribution in [0.4, 0.5) is 5.82 Å². The smallest absolute Gasteiger partial charge is 0.263 e. The molecule has 1 amide bonds. The number of carbonyl (C=O) groups excluding carboxylic acids is 1. The van der Waals surface area contributed by atoms with E-state index in [9.17, 15) is 13.2 Å². The van der Waals surface area contributed by atoms with Crippen LogP contribution < -0.4 is 4.72 Å². The number of hydrogen-bond donors (Lipinski definition) is 1. The Morgan fingerprint density at radius 1 is 1.07 bits per heavy atom. The number of aliphatic imine (C=N–C) groups is 1. The van der Waals surface area contributed by atoms with Crippen LogP contribution >= 0.6 is 0 Å². The van der Waals surface area contributed by atoms with Gasteiger partial charge < -0.3 is 9.26 Å². The fourth-order valence-corrected chi connectivity index (χ4v) is 7.34. The monoisotopic (exact) mass is 620 g/mol. The zero-order valence-corrected chi connectivity index (χ0v) is 27.3. The van der Waals surface area contributed by atoms with Gasteiger partial charge in [0.05, 0.1) is 24.2 Å². The van der Waals surface area contributed by atoms with Crippen LogP contribution in [0.5, 0.6) is 0 Å². The Labute approximate surface area is 261 Å². The van der Waals surface area contributed by atoms with Gasteiger partial charge in [0.15, 0.2) is 5.82 Å². The lowest BCUT2D eigenvalue weighted by molar-refractivity contribution is -0.132. The number of carbonyl (C=O) groups is 1. The topological polar surface area (TPSA) is 114 Å². The van der Waals surface area contributed by atoms with Crippen molar-refractivity contribution in [1.29, 1.82) is 0 Å². The van der Waals surface area contributed by atoms with Crippen LogP contribution in [0.15, 0.2) is 56.9 Å². The normalized spacial score (nSPS) is 16.6. The molecule has 0 saturated heterocycles. The largest absolute Gasteiger partial charge is 0.374 e. The summed E-state index contributed by atoms with van der Waals surface area (Å²) in [7, 11) is -4.00. The molecule has 1 N–H and O–H groups in total. The molecule has 9 nitrogen and oxygen atoms in total. The van der Waals surface area contributed by atoms with Crippen LogP contribution in [0.25, 0.3) is 11.1 Å². The highest BCUT2D eigenvalue weighted by molar-refractivity contribution is 7.92. The summed E-state index contributed by atoms with van der Waals surface area (Å²) in [6.07, 6.45) is 7.63. The van der Waals surface area contributed by atoms with E-state index in [-0.39, 0.29) is 22.7 Å². The second kappa shape index (κ2) is 13.2. The SMILES string of the molecule is CCCCC1=NC2(CCCCC2)C(=O)N1Cc1ccc(-c2ccccc2S(=O)(=O)Nc2noc(C)c2C)c(COC(C)C)c1. The number of unbranched alkanes of at least 4 members (excludes halogenated alkanes) is 1. The van der Waals surface area contributed by atoms with Gasteiger partial charge in [-0.1, -0.05) is 74.2 Å². The number of sulfonamides is 1. The zero-order chi connectivity index (χ0) is 31.5. The van der Waals surface area contributed by atoms with E-state index in [0.717, 1.165) is 73.9 Å². The lowest BCUT2D eigenvalue weighted by Crippen LogP contribution is -2.43. The average molecular weight is 621 g/mol. The average Bonchev–Trinajstić information content (AvgIpc) is 3.45. The lowest BCUT2D eigenvalue weighted by atomic mass is 9.82. The summed E-state index contributed by atoms with van der Waals surface area (Å²) in [6, 6.07) is 12.9. The van der Waals surface area contributed by atoms with E-state index in [2.05, 4.69) is 16.8 Å². The number of amidine groups is 1. The summed E-state index contributed by atoms with van der Waals surface area (Å²) < 4.78 is 41.1. The predicted molar refractivity (Wildman–Crippen MR) is 172 cm³/mol. The molecule has 2 heterocycles. The molecule has 1 spiro atoms. The molecule has 0 unspecified atom stereocenters. The molecule has 0 bridgehead atoms. The van der Waals surface area contributed by atoms with Gasteiger partial charge in [-0.05, 0) is 69.7 Å². The quantitative estimate of drug-likeness (QED) is 0.227. The number of hydrogen-bond acceptors (Lipinski definition) is 7. The third kappa shape index (κ3) is 6.61. The highest BCUT2D eigenvalue weighted by Crippen LogP contribution is 2.39. The summed E-state index contributed by atoms with van der Waals surface area (Å²) in [5.74, 6) is 1.73. The number of amides is 1. The minimum atomic E-state index is -4.00. The van der Waals surface area contributed by atoms with E-state index < -0.39 is 15.6 Å². The Balaban J connectivity index is 1.50. The summed E-state index contributed by atoms with van der Waals surface area (Å²) in [4.78, 5) is 21.0. The zero-order valence-electron chi connectivity index (χ0n) is 26.5. The number of aromatic nitrogens is 1. The van der Waals surface area contributed by atoms with Gasteiger partial charge in [0.2, 0.25) is 0 Å². The first-order chi connectivity index (χ1) is 21.0. The molecule has 3 aromatic rings. The van der Waals surface area contributed by atoms with E-state index in [0.29, 0.717) is 30.0 Å². The first kappa shape index (κ1) is 31.9. The Morgan fingerprint density at radius 2 is 1.82 bits per heavy atom. The van der Waals surface area contributed by atoms with Crippen LogP contribution in [-0.4, -0.2) is 41.9 Å². The number of nitrogens with zero attached hydrogens (tertiary/aromatic N) is 3. The maximum absolute atomic E-state index is 13.9. The molecule has 2 aromatic carbocycles. The Kier molecular flexibility index (Phi) is 9.60. The number of benzene rings is 2. The van der Waals surface area contributed by atoms with Gasteiger partial charge in [0.1, 0.15) is 17.1 Å². The molecule has 1 aliphatic heterocycles. The molecule has 10 heteroatoms. The van der Waals surface area contributed by atoms with Crippen LogP contribution in [0.1, 0.15) is 94.6 Å². The molecule has 2 aliphatic rings. The third-order valence-electron chi connectivity index (χ3n) is 8.67. The van der Waals surface area contributed by atoms with Gasteiger partial charge in [0.25, 0.3) is 15.9 Å². The molecule has 1 aromatic heterocycles. The number of nitrogens with one attached hydrogen (secondary N) is 1. The minimum absolute atomic E-state index is 0.0235. The third-order valence-corrected chi connectivity index (χ3v) is 10.1. The number of anilines is 1. The van der Waals surface area contributed by atoms with Crippen LogP contribution in [0.3, 0.4) is 0 Å². The van der Waals surface area contributed by atoms with Crippen molar-refractivity contribution < 1.29 is 22.5 Å². The summed E-state index contributed by atoms with van der Waals surface area (Å²) in [6.45, 7) is 10.3. The number of ether oxygens (including phenoxy) is 1. The van der Waals surface area contributed by atoms with E-state index in [1.807, 2.05) is 43.0 Å². The standard InChI is InChI=1S/C34H44N4O5S/c1-6-7-15-31-35-34(18-11-8-12-19-34)33(39)38(31)21-26-16-17-28(27(20-26)22-42-23(2)3)29-13-9-10-14-30(29)44(40,41)37-32-24(4)25(5)43-36-32/h9-10,13-14,16-17,20,23H,6-8,11-12,15,18-19,21-22H2,1-5H3,(H,36,37). The number of aryl methyl sites for hydroxylation is 1. The van der Waals surface area contributed by atoms with Crippen molar-refractivity contribution in [2.24, 2.45) is 4.99 Å². The van der Waals surface area contributed by atoms with Crippen molar-refractivity contribution in [3.63, 3.8) is 0 Å². The molecule has 0 radical (unpaired) electrons. The number of rotatable bonds is 12. The van der Waals surface area contributed by atoms with E-state index in [1.54, 1.807) is 32.0 Å². The van der Waals surface area contributed by atoms with Crippen LogP contribution in [0, 0.1) is 13.8 Å². The molecule has 1 saturated carbocycles. The molecule has 44 heavy (non-hydrogen) atoms. The summed E-state index contributed by atoms with van der Waals surface area (Å²) >= 11 is 0. The molecule has 5 rings (SSSR count). The van der Waals surface area contributed by atoms with Crippen molar-refractivity contribution in [2.75, 3.05) is 4.72 Å². The minimum Gasteiger partial charge on any atom is -0.374 e. The van der Waals surface area contributed by atoms with Gasteiger partial charge in [0, 0.05) is 17.5 Å². The van der Waals surface area contributed by atoms with Gasteiger partial charge in [-0.2, -0.15) is 0 Å². The van der Waals surface area contributed by atoms with Gasteiger partial charge >= 0.3 is 0 Å². The predicted octanol–water partition coefficient (Wildman–Crippen LogP) is 7.32. The highest BCUT2D eigenvalue weighted by atomic mass is 32.2. The molecule has 0 atom stereocenters. The molecular formula is C34H44N4O5S. The van der Waals surface area contributed by atoms with Crippen molar-refractivity contribution >= 4 is 27.6 Å². The Hall–Kier alpha value is -3.50. The molecule has 1 fully saturated rings. The highest BCUT2D eigenvalue weighted by Gasteiger charge is 2.48. The fourth-order valence-electron chi connectivity index (χ4n) is 6.06. The molecule has 1 aliphatic carbocycles. The van der Waals surface area contributed by atoms with Crippen molar-refractivity contribution in [3.05, 3.63) is 64.9 Å². The van der Waals surface area contributed by atoms with Gasteiger partial charge in [-0.25, -0.2) is 8.42 Å². The fraction of sp³-hybridized carbons (Fsp3) is 0.500. The second-order valence-corrected chi connectivity index (χ2v) is 13.9. The van der Waals surface area contributed by atoms with Gasteiger partial charge in [-0.3, -0.25) is 19.4 Å². The van der Waals surface area contributed by atoms with Gasteiger partial charge in [-0.15, -0.1) is 0 Å². The summed E-state index contributed by atoms with van der Waals surface area (Å²) in [5, 5.41) is 3.89. The summed E-state index contributed by atoms with van der Waals surface area (Å²) in [5.41, 5.74) is 3.13. The van der Waals surface area contributed by atoms with E-state index in [1.165, 1.54) is 0 Å². The van der Waals surface area contributed by atoms with Crippen molar-refractivity contribution in [3.8, 4) is 11.1 Å².